The lowest BCUT2D eigenvalue weighted by Crippen LogP contribution is -2.34. The Morgan fingerprint density at radius 3 is 2.80 bits per heavy atom. The van der Waals surface area contributed by atoms with E-state index < -0.39 is 0 Å². The second-order valence-electron chi connectivity index (χ2n) is 1.82. The highest BCUT2D eigenvalue weighted by molar-refractivity contribution is 6.04. The number of methoxy groups -OCH3 is 1. The Labute approximate surface area is 62.7 Å². The summed E-state index contributed by atoms with van der Waals surface area (Å²) in [4.78, 5) is 1.37. The third-order valence-electron chi connectivity index (χ3n) is 1.13. The quantitative estimate of drug-likeness (QED) is 0.319. The SMILES string of the molecule is [B]N(CCO)C(C=C)OC. The molecule has 0 spiro atoms. The molecule has 0 fully saturated rings. The molecule has 10 heavy (non-hydrogen) atoms. The number of aliphatic hydroxyl groups is 1. The molecule has 0 saturated carbocycles. The first-order valence-electron chi connectivity index (χ1n) is 3.03. The molecule has 1 N–H and O–H groups in total. The van der Waals surface area contributed by atoms with Gasteiger partial charge in [0.2, 0.25) is 0 Å². The standard InChI is InChI=1S/C6H12BNO2/c1-3-6(10-2)8(7)4-5-9/h3,6,9H,1,4-5H2,2H3. The van der Waals surface area contributed by atoms with Crippen molar-refractivity contribution in [1.29, 1.82) is 0 Å². The van der Waals surface area contributed by atoms with Crippen molar-refractivity contribution in [3.63, 3.8) is 0 Å². The van der Waals surface area contributed by atoms with E-state index in [9.17, 15) is 0 Å². The Bertz CT molecular complexity index is 99.7. The molecule has 4 heteroatoms. The molecule has 0 aliphatic rings. The largest absolute Gasteiger partial charge is 0.395 e. The summed E-state index contributed by atoms with van der Waals surface area (Å²) in [6.45, 7) is 3.90. The minimum atomic E-state index is -0.313. The van der Waals surface area contributed by atoms with Crippen LogP contribution in [0, 0.1) is 0 Å². The van der Waals surface area contributed by atoms with Gasteiger partial charge in [-0.25, -0.2) is 0 Å². The fraction of sp³-hybridized carbons (Fsp3) is 0.667. The summed E-state index contributed by atoms with van der Waals surface area (Å²) in [6, 6.07) is 0. The number of aliphatic hydroxyl groups excluding tert-OH is 1. The van der Waals surface area contributed by atoms with Gasteiger partial charge in [-0.15, -0.1) is 0 Å². The molecule has 0 saturated heterocycles. The Balaban J connectivity index is 3.63. The van der Waals surface area contributed by atoms with E-state index in [1.54, 1.807) is 6.08 Å². The van der Waals surface area contributed by atoms with Gasteiger partial charge in [-0.1, -0.05) is 6.58 Å². The van der Waals surface area contributed by atoms with Gasteiger partial charge in [0.15, 0.2) is 7.98 Å². The molecular weight excluding hydrogens is 129 g/mol. The maximum Gasteiger partial charge on any atom is 0.186 e. The number of hydrogen-bond acceptors (Lipinski definition) is 3. The predicted octanol–water partition coefficient (Wildman–Crippen LogP) is -0.477. The van der Waals surface area contributed by atoms with E-state index in [0.717, 1.165) is 0 Å². The van der Waals surface area contributed by atoms with Crippen LogP contribution < -0.4 is 0 Å². The summed E-state index contributed by atoms with van der Waals surface area (Å²) in [5.41, 5.74) is 0. The van der Waals surface area contributed by atoms with Gasteiger partial charge in [-0.05, 0) is 6.08 Å². The normalized spacial score (nSPS) is 13.5. The van der Waals surface area contributed by atoms with Gasteiger partial charge in [-0.3, -0.25) is 0 Å². The van der Waals surface area contributed by atoms with E-state index in [1.165, 1.54) is 11.9 Å². The average molecular weight is 141 g/mol. The molecule has 0 heterocycles. The van der Waals surface area contributed by atoms with Crippen molar-refractivity contribution >= 4 is 7.98 Å². The van der Waals surface area contributed by atoms with E-state index >= 15 is 0 Å². The molecule has 0 aliphatic carbocycles. The van der Waals surface area contributed by atoms with Crippen LogP contribution in [0.4, 0.5) is 0 Å². The predicted molar refractivity (Wildman–Crippen MR) is 40.5 cm³/mol. The first-order valence-corrected chi connectivity index (χ1v) is 3.03. The third-order valence-corrected chi connectivity index (χ3v) is 1.13. The van der Waals surface area contributed by atoms with Crippen LogP contribution in [0.3, 0.4) is 0 Å². The van der Waals surface area contributed by atoms with Crippen LogP contribution in [0.15, 0.2) is 12.7 Å². The molecule has 0 bridgehead atoms. The zero-order valence-corrected chi connectivity index (χ0v) is 6.16. The highest BCUT2D eigenvalue weighted by atomic mass is 16.5. The summed E-state index contributed by atoms with van der Waals surface area (Å²) in [6.07, 6.45) is 1.25. The Morgan fingerprint density at radius 1 is 1.90 bits per heavy atom. The lowest BCUT2D eigenvalue weighted by atomic mass is 10.2. The highest BCUT2D eigenvalue weighted by Crippen LogP contribution is 1.95. The lowest BCUT2D eigenvalue weighted by Gasteiger charge is -2.23. The summed E-state index contributed by atoms with van der Waals surface area (Å²) in [5, 5.41) is 8.47. The van der Waals surface area contributed by atoms with Gasteiger partial charge >= 0.3 is 0 Å². The van der Waals surface area contributed by atoms with Crippen LogP contribution in [-0.2, 0) is 4.74 Å². The van der Waals surface area contributed by atoms with Gasteiger partial charge in [-0.2, -0.15) is 0 Å². The molecule has 0 aromatic carbocycles. The maximum atomic E-state index is 8.47. The van der Waals surface area contributed by atoms with Crippen molar-refractivity contribution in [3.8, 4) is 0 Å². The molecule has 1 unspecified atom stereocenters. The van der Waals surface area contributed by atoms with Gasteiger partial charge in [0.05, 0.1) is 6.61 Å². The summed E-state index contributed by atoms with van der Waals surface area (Å²) in [7, 11) is 6.96. The van der Waals surface area contributed by atoms with Crippen LogP contribution in [0.5, 0.6) is 0 Å². The molecule has 0 aliphatic heterocycles. The zero-order valence-electron chi connectivity index (χ0n) is 6.16. The van der Waals surface area contributed by atoms with E-state index in [1.807, 2.05) is 0 Å². The van der Waals surface area contributed by atoms with Gasteiger partial charge in [0.1, 0.15) is 6.23 Å². The van der Waals surface area contributed by atoms with Crippen molar-refractivity contribution in [3.05, 3.63) is 12.7 Å². The summed E-state index contributed by atoms with van der Waals surface area (Å²) in [5.74, 6) is 0. The molecular formula is C6H12BNO2. The van der Waals surface area contributed by atoms with E-state index in [-0.39, 0.29) is 12.8 Å². The molecule has 3 nitrogen and oxygen atoms in total. The average Bonchev–Trinajstić information content (AvgIpc) is 1.91. The third kappa shape index (κ3) is 3.01. The number of ether oxygens (including phenoxy) is 1. The van der Waals surface area contributed by atoms with E-state index in [4.69, 9.17) is 17.8 Å². The van der Waals surface area contributed by atoms with Crippen molar-refractivity contribution in [2.24, 2.45) is 0 Å². The highest BCUT2D eigenvalue weighted by Gasteiger charge is 2.06. The molecule has 0 rings (SSSR count). The zero-order chi connectivity index (χ0) is 7.98. The monoisotopic (exact) mass is 141 g/mol. The van der Waals surface area contributed by atoms with Gasteiger partial charge < -0.3 is 14.7 Å². The fourth-order valence-electron chi connectivity index (χ4n) is 0.610. The van der Waals surface area contributed by atoms with Crippen molar-refractivity contribution in [2.45, 2.75) is 6.23 Å². The van der Waals surface area contributed by atoms with Gasteiger partial charge in [0, 0.05) is 13.7 Å². The number of hydrogen-bond donors (Lipinski definition) is 1. The van der Waals surface area contributed by atoms with Crippen molar-refractivity contribution < 1.29 is 9.84 Å². The molecule has 0 aromatic rings. The van der Waals surface area contributed by atoms with Crippen LogP contribution in [0.2, 0.25) is 0 Å². The van der Waals surface area contributed by atoms with Crippen molar-refractivity contribution in [2.75, 3.05) is 20.3 Å². The van der Waals surface area contributed by atoms with E-state index in [0.29, 0.717) is 6.54 Å². The topological polar surface area (TPSA) is 32.7 Å². The molecule has 1 atom stereocenters. The second kappa shape index (κ2) is 5.47. The molecule has 0 aromatic heterocycles. The molecule has 0 amide bonds. The van der Waals surface area contributed by atoms with E-state index in [2.05, 4.69) is 6.58 Å². The van der Waals surface area contributed by atoms with Crippen LogP contribution in [-0.4, -0.2) is 44.4 Å². The maximum absolute atomic E-state index is 8.47. The van der Waals surface area contributed by atoms with Gasteiger partial charge in [0.25, 0.3) is 0 Å². The number of rotatable bonds is 5. The smallest absolute Gasteiger partial charge is 0.186 e. The fourth-order valence-corrected chi connectivity index (χ4v) is 0.610. The molecule has 2 radical (unpaired) electrons. The minimum Gasteiger partial charge on any atom is -0.395 e. The number of nitrogens with zero attached hydrogens (tertiary/aromatic N) is 1. The Kier molecular flexibility index (Phi) is 5.30. The summed E-state index contributed by atoms with van der Waals surface area (Å²) < 4.78 is 4.89. The Morgan fingerprint density at radius 2 is 2.50 bits per heavy atom. The Hall–Kier alpha value is -0.315. The van der Waals surface area contributed by atoms with Crippen molar-refractivity contribution in [1.82, 2.24) is 4.81 Å². The molecule has 56 valence electrons. The first kappa shape index (κ1) is 9.68. The summed E-state index contributed by atoms with van der Waals surface area (Å²) >= 11 is 0. The first-order chi connectivity index (χ1) is 4.76. The van der Waals surface area contributed by atoms with Crippen LogP contribution in [0.1, 0.15) is 0 Å². The van der Waals surface area contributed by atoms with Crippen LogP contribution >= 0.6 is 0 Å². The minimum absolute atomic E-state index is 0.0181. The lowest BCUT2D eigenvalue weighted by molar-refractivity contribution is 0.0461. The van der Waals surface area contributed by atoms with Crippen LogP contribution in [0.25, 0.3) is 0 Å². The second-order valence-corrected chi connectivity index (χ2v) is 1.82.